The number of hydrogen-bond donors (Lipinski definition) is 1. The van der Waals surface area contributed by atoms with E-state index in [1.54, 1.807) is 12.5 Å². The molecule has 1 atom stereocenters. The number of amides is 1. The predicted octanol–water partition coefficient (Wildman–Crippen LogP) is 2.70. The van der Waals surface area contributed by atoms with Crippen molar-refractivity contribution in [3.63, 3.8) is 0 Å². The van der Waals surface area contributed by atoms with Crippen molar-refractivity contribution in [1.29, 1.82) is 0 Å². The van der Waals surface area contributed by atoms with Gasteiger partial charge in [0.15, 0.2) is 0 Å². The van der Waals surface area contributed by atoms with Crippen LogP contribution >= 0.6 is 0 Å². The molecule has 4 rings (SSSR count). The molecule has 6 heteroatoms. The van der Waals surface area contributed by atoms with E-state index in [2.05, 4.69) is 15.2 Å². The fourth-order valence-corrected chi connectivity index (χ4v) is 3.51. The highest BCUT2D eigenvalue weighted by atomic mass is 16.3. The predicted molar refractivity (Wildman–Crippen MR) is 108 cm³/mol. The third kappa shape index (κ3) is 4.23. The van der Waals surface area contributed by atoms with Crippen LogP contribution in [0.25, 0.3) is 0 Å². The van der Waals surface area contributed by atoms with Gasteiger partial charge in [0.2, 0.25) is 5.91 Å². The molecule has 1 saturated heterocycles. The highest BCUT2D eigenvalue weighted by Crippen LogP contribution is 2.22. The maximum atomic E-state index is 12.7. The van der Waals surface area contributed by atoms with Gasteiger partial charge in [-0.15, -0.1) is 0 Å². The maximum Gasteiger partial charge on any atom is 0.236 e. The number of benzene rings is 1. The van der Waals surface area contributed by atoms with E-state index in [9.17, 15) is 4.79 Å². The van der Waals surface area contributed by atoms with Crippen molar-refractivity contribution in [3.05, 3.63) is 84.4 Å². The quantitative estimate of drug-likeness (QED) is 0.717. The zero-order chi connectivity index (χ0) is 19.2. The van der Waals surface area contributed by atoms with Gasteiger partial charge in [0, 0.05) is 32.4 Å². The van der Waals surface area contributed by atoms with Gasteiger partial charge in [-0.1, -0.05) is 36.4 Å². The van der Waals surface area contributed by atoms with Crippen LogP contribution in [0.5, 0.6) is 0 Å². The van der Waals surface area contributed by atoms with Crippen molar-refractivity contribution >= 4 is 11.7 Å². The first kappa shape index (κ1) is 18.3. The van der Waals surface area contributed by atoms with Crippen LogP contribution in [-0.2, 0) is 4.79 Å². The number of aromatic nitrogens is 1. The van der Waals surface area contributed by atoms with Crippen molar-refractivity contribution in [2.45, 2.75) is 6.04 Å². The summed E-state index contributed by atoms with van der Waals surface area (Å²) in [6.07, 6.45) is 3.46. The molecule has 1 aliphatic rings. The summed E-state index contributed by atoms with van der Waals surface area (Å²) < 4.78 is 5.59. The normalized spacial score (nSPS) is 15.4. The first-order valence-electron chi connectivity index (χ1n) is 9.57. The first-order valence-corrected chi connectivity index (χ1v) is 9.57. The summed E-state index contributed by atoms with van der Waals surface area (Å²) in [4.78, 5) is 21.3. The first-order chi connectivity index (χ1) is 13.8. The van der Waals surface area contributed by atoms with Gasteiger partial charge in [0.1, 0.15) is 11.6 Å². The molecule has 0 bridgehead atoms. The zero-order valence-electron chi connectivity index (χ0n) is 15.7. The smallest absolute Gasteiger partial charge is 0.236 e. The van der Waals surface area contributed by atoms with Crippen LogP contribution in [0.1, 0.15) is 17.4 Å². The van der Waals surface area contributed by atoms with Crippen LogP contribution in [0, 0.1) is 0 Å². The molecular weight excluding hydrogens is 352 g/mol. The van der Waals surface area contributed by atoms with Gasteiger partial charge in [0.05, 0.1) is 18.8 Å². The van der Waals surface area contributed by atoms with Gasteiger partial charge >= 0.3 is 0 Å². The number of furan rings is 1. The Hall–Kier alpha value is -3.12. The van der Waals surface area contributed by atoms with Gasteiger partial charge in [-0.3, -0.25) is 10.1 Å². The number of carbonyl (C=O) groups excluding carboxylic acids is 1. The molecule has 3 heterocycles. The second kappa shape index (κ2) is 8.71. The van der Waals surface area contributed by atoms with Crippen LogP contribution in [0.3, 0.4) is 0 Å². The van der Waals surface area contributed by atoms with E-state index in [4.69, 9.17) is 4.42 Å². The Bertz CT molecular complexity index is 860. The van der Waals surface area contributed by atoms with Gasteiger partial charge in [0.25, 0.3) is 0 Å². The number of anilines is 1. The fraction of sp³-hybridized carbons (Fsp3) is 0.273. The Morgan fingerprint density at radius 1 is 1.00 bits per heavy atom. The van der Waals surface area contributed by atoms with Crippen molar-refractivity contribution in [2.75, 3.05) is 37.6 Å². The Balaban J connectivity index is 1.34. The minimum atomic E-state index is -0.144. The molecule has 0 aliphatic carbocycles. The van der Waals surface area contributed by atoms with E-state index < -0.39 is 0 Å². The summed E-state index contributed by atoms with van der Waals surface area (Å²) >= 11 is 0. The largest absolute Gasteiger partial charge is 0.467 e. The van der Waals surface area contributed by atoms with Crippen LogP contribution in [0.15, 0.2) is 77.5 Å². The molecule has 1 N–H and O–H groups in total. The average Bonchev–Trinajstić information content (AvgIpc) is 3.30. The molecule has 1 amide bonds. The summed E-state index contributed by atoms with van der Waals surface area (Å²) in [6, 6.07) is 19.6. The molecule has 1 fully saturated rings. The second-order valence-electron chi connectivity index (χ2n) is 6.80. The molecular formula is C22H24N4O2. The molecule has 28 heavy (non-hydrogen) atoms. The average molecular weight is 376 g/mol. The number of rotatable bonds is 6. The lowest BCUT2D eigenvalue weighted by Gasteiger charge is -2.35. The van der Waals surface area contributed by atoms with E-state index in [-0.39, 0.29) is 18.5 Å². The standard InChI is InChI=1S/C22H24N4O2/c27-21(26-14-12-25(13-15-26)20-10-4-5-11-23-20)17-24-22(19-9-6-16-28-19)18-7-2-1-3-8-18/h1-11,16,22,24H,12-15,17H2/t22-/m0/s1. The lowest BCUT2D eigenvalue weighted by molar-refractivity contribution is -0.130. The Morgan fingerprint density at radius 3 is 2.46 bits per heavy atom. The minimum Gasteiger partial charge on any atom is -0.467 e. The van der Waals surface area contributed by atoms with Crippen LogP contribution in [0.2, 0.25) is 0 Å². The highest BCUT2D eigenvalue weighted by Gasteiger charge is 2.23. The Labute approximate surface area is 164 Å². The second-order valence-corrected chi connectivity index (χ2v) is 6.80. The third-order valence-electron chi connectivity index (χ3n) is 5.02. The van der Waals surface area contributed by atoms with Gasteiger partial charge < -0.3 is 14.2 Å². The number of hydrogen-bond acceptors (Lipinski definition) is 5. The monoisotopic (exact) mass is 376 g/mol. The Morgan fingerprint density at radius 2 is 1.79 bits per heavy atom. The molecule has 1 aliphatic heterocycles. The van der Waals surface area contributed by atoms with Gasteiger partial charge in [-0.2, -0.15) is 0 Å². The number of pyridine rings is 1. The molecule has 3 aromatic rings. The van der Waals surface area contributed by atoms with E-state index in [1.807, 2.05) is 65.6 Å². The number of nitrogens with one attached hydrogen (secondary N) is 1. The zero-order valence-corrected chi connectivity index (χ0v) is 15.7. The molecule has 0 radical (unpaired) electrons. The van der Waals surface area contributed by atoms with E-state index in [0.29, 0.717) is 13.1 Å². The van der Waals surface area contributed by atoms with Crippen molar-refractivity contribution in [1.82, 2.24) is 15.2 Å². The lowest BCUT2D eigenvalue weighted by Crippen LogP contribution is -2.51. The molecule has 0 unspecified atom stereocenters. The third-order valence-corrected chi connectivity index (χ3v) is 5.02. The summed E-state index contributed by atoms with van der Waals surface area (Å²) in [5, 5.41) is 3.37. The van der Waals surface area contributed by atoms with E-state index >= 15 is 0 Å². The van der Waals surface area contributed by atoms with Crippen LogP contribution in [-0.4, -0.2) is 48.5 Å². The van der Waals surface area contributed by atoms with E-state index in [0.717, 1.165) is 30.2 Å². The number of carbonyl (C=O) groups is 1. The molecule has 1 aromatic carbocycles. The SMILES string of the molecule is O=C(CN[C@@H](c1ccccc1)c1ccco1)N1CCN(c2ccccn2)CC1. The topological polar surface area (TPSA) is 61.6 Å². The Kier molecular flexibility index (Phi) is 5.68. The molecule has 2 aromatic heterocycles. The van der Waals surface area contributed by atoms with Gasteiger partial charge in [-0.05, 0) is 29.8 Å². The number of nitrogens with zero attached hydrogens (tertiary/aromatic N) is 3. The van der Waals surface area contributed by atoms with Crippen LogP contribution in [0.4, 0.5) is 5.82 Å². The van der Waals surface area contributed by atoms with Crippen molar-refractivity contribution < 1.29 is 9.21 Å². The fourth-order valence-electron chi connectivity index (χ4n) is 3.51. The molecule has 6 nitrogen and oxygen atoms in total. The molecule has 0 spiro atoms. The summed E-state index contributed by atoms with van der Waals surface area (Å²) in [7, 11) is 0. The minimum absolute atomic E-state index is 0.105. The lowest BCUT2D eigenvalue weighted by atomic mass is 10.0. The highest BCUT2D eigenvalue weighted by molar-refractivity contribution is 5.78. The van der Waals surface area contributed by atoms with E-state index in [1.165, 1.54) is 0 Å². The van der Waals surface area contributed by atoms with Gasteiger partial charge in [-0.25, -0.2) is 4.98 Å². The molecule has 0 saturated carbocycles. The van der Waals surface area contributed by atoms with Crippen molar-refractivity contribution in [2.24, 2.45) is 0 Å². The summed E-state index contributed by atoms with van der Waals surface area (Å²) in [5.74, 6) is 1.88. The van der Waals surface area contributed by atoms with Crippen molar-refractivity contribution in [3.8, 4) is 0 Å². The summed E-state index contributed by atoms with van der Waals surface area (Å²) in [5.41, 5.74) is 1.07. The molecule has 144 valence electrons. The number of piperazine rings is 1. The van der Waals surface area contributed by atoms with Crippen LogP contribution < -0.4 is 10.2 Å². The summed E-state index contributed by atoms with van der Waals surface area (Å²) in [6.45, 7) is 3.26. The maximum absolute atomic E-state index is 12.7.